The van der Waals surface area contributed by atoms with Gasteiger partial charge in [0.15, 0.2) is 0 Å². The van der Waals surface area contributed by atoms with Gasteiger partial charge in [-0.05, 0) is 30.4 Å². The van der Waals surface area contributed by atoms with Gasteiger partial charge in [-0.25, -0.2) is 4.98 Å². The van der Waals surface area contributed by atoms with Gasteiger partial charge in [-0.15, -0.1) is 22.7 Å². The van der Waals surface area contributed by atoms with Crippen LogP contribution >= 0.6 is 34.3 Å². The van der Waals surface area contributed by atoms with Gasteiger partial charge in [0.05, 0.1) is 15.9 Å². The second-order valence-electron chi connectivity index (χ2n) is 6.70. The van der Waals surface area contributed by atoms with Gasteiger partial charge in [-0.2, -0.15) is 0 Å². The Morgan fingerprint density at radius 2 is 2.12 bits per heavy atom. The van der Waals surface area contributed by atoms with Crippen LogP contribution in [0, 0.1) is 0 Å². The number of hydrogen-bond donors (Lipinski definition) is 2. The first-order valence-corrected chi connectivity index (χ1v) is 10.9. The molecule has 132 valence electrons. The summed E-state index contributed by atoms with van der Waals surface area (Å²) in [6.07, 6.45) is 6.12. The molecule has 0 radical (unpaired) electrons. The molecule has 3 N–H and O–H groups in total. The first-order chi connectivity index (χ1) is 12.2. The van der Waals surface area contributed by atoms with E-state index in [1.165, 1.54) is 40.1 Å². The van der Waals surface area contributed by atoms with Gasteiger partial charge in [0.2, 0.25) is 0 Å². The summed E-state index contributed by atoms with van der Waals surface area (Å²) < 4.78 is 1.19. The molecule has 3 aromatic heterocycles. The molecule has 2 atom stereocenters. The number of fused-ring (bicyclic) bond motifs is 1. The van der Waals surface area contributed by atoms with Crippen LogP contribution in [0.25, 0.3) is 10.2 Å². The fourth-order valence-corrected chi connectivity index (χ4v) is 5.75. The molecule has 0 saturated heterocycles. The summed E-state index contributed by atoms with van der Waals surface area (Å²) in [5.74, 6) is 0.450. The number of aromatic nitrogens is 1. The lowest BCUT2D eigenvalue weighted by Crippen LogP contribution is -2.26. The SMILES string of the molecule is N[C@H]1CCCCC[C@@H]1c1cc2nc(Cl)cc(NCc3cccs3)c2s1. The molecular weight excluding hydrogens is 370 g/mol. The Morgan fingerprint density at radius 3 is 2.96 bits per heavy atom. The minimum Gasteiger partial charge on any atom is -0.379 e. The molecule has 3 aromatic rings. The highest BCUT2D eigenvalue weighted by molar-refractivity contribution is 7.19. The number of nitrogens with two attached hydrogens (primary N) is 1. The van der Waals surface area contributed by atoms with Crippen molar-refractivity contribution in [1.82, 2.24) is 4.98 Å². The largest absolute Gasteiger partial charge is 0.379 e. The molecule has 0 aliphatic heterocycles. The first-order valence-electron chi connectivity index (χ1n) is 8.82. The molecule has 1 aliphatic rings. The van der Waals surface area contributed by atoms with Crippen LogP contribution < -0.4 is 11.1 Å². The summed E-state index contributed by atoms with van der Waals surface area (Å²) in [5.41, 5.74) is 8.52. The quantitative estimate of drug-likeness (QED) is 0.423. The molecule has 1 aliphatic carbocycles. The van der Waals surface area contributed by atoms with E-state index in [2.05, 4.69) is 33.9 Å². The van der Waals surface area contributed by atoms with E-state index in [4.69, 9.17) is 17.3 Å². The second-order valence-corrected chi connectivity index (χ2v) is 9.20. The normalized spacial score (nSPS) is 21.4. The number of rotatable bonds is 4. The fourth-order valence-electron chi connectivity index (χ4n) is 3.61. The van der Waals surface area contributed by atoms with Gasteiger partial charge >= 0.3 is 0 Å². The molecule has 0 aromatic carbocycles. The Labute approximate surface area is 161 Å². The predicted octanol–water partition coefficient (Wildman–Crippen LogP) is 6.00. The van der Waals surface area contributed by atoms with E-state index < -0.39 is 0 Å². The molecule has 3 nitrogen and oxygen atoms in total. The highest BCUT2D eigenvalue weighted by atomic mass is 35.5. The van der Waals surface area contributed by atoms with Gasteiger partial charge in [-0.3, -0.25) is 0 Å². The van der Waals surface area contributed by atoms with Crippen LogP contribution in [0.4, 0.5) is 5.69 Å². The van der Waals surface area contributed by atoms with Crippen molar-refractivity contribution in [2.45, 2.75) is 50.6 Å². The van der Waals surface area contributed by atoms with Crippen LogP contribution in [-0.4, -0.2) is 11.0 Å². The fraction of sp³-hybridized carbons (Fsp3) is 0.421. The van der Waals surface area contributed by atoms with E-state index >= 15 is 0 Å². The van der Waals surface area contributed by atoms with Gasteiger partial charge in [0.25, 0.3) is 0 Å². The minimum absolute atomic E-state index is 0.258. The highest BCUT2D eigenvalue weighted by Crippen LogP contribution is 2.40. The molecule has 0 unspecified atom stereocenters. The summed E-state index contributed by atoms with van der Waals surface area (Å²) in [6.45, 7) is 0.809. The maximum absolute atomic E-state index is 6.47. The number of thiophene rings is 2. The molecule has 1 fully saturated rings. The van der Waals surface area contributed by atoms with Crippen molar-refractivity contribution in [2.24, 2.45) is 5.73 Å². The Morgan fingerprint density at radius 1 is 1.24 bits per heavy atom. The van der Waals surface area contributed by atoms with Crippen molar-refractivity contribution in [3.8, 4) is 0 Å². The third-order valence-electron chi connectivity index (χ3n) is 4.93. The molecule has 1 saturated carbocycles. The van der Waals surface area contributed by atoms with Crippen molar-refractivity contribution in [2.75, 3.05) is 5.32 Å². The van der Waals surface area contributed by atoms with E-state index in [0.29, 0.717) is 11.1 Å². The number of nitrogens with one attached hydrogen (secondary N) is 1. The van der Waals surface area contributed by atoms with E-state index in [9.17, 15) is 0 Å². The van der Waals surface area contributed by atoms with Crippen LogP contribution in [0.2, 0.25) is 5.15 Å². The monoisotopic (exact) mass is 391 g/mol. The molecular formula is C19H22ClN3S2. The van der Waals surface area contributed by atoms with E-state index in [1.54, 1.807) is 11.3 Å². The number of anilines is 1. The third-order valence-corrected chi connectivity index (χ3v) is 7.29. The average Bonchev–Trinajstić information content (AvgIpc) is 3.20. The van der Waals surface area contributed by atoms with Crippen molar-refractivity contribution < 1.29 is 0 Å². The van der Waals surface area contributed by atoms with Gasteiger partial charge in [0.1, 0.15) is 5.15 Å². The maximum Gasteiger partial charge on any atom is 0.131 e. The van der Waals surface area contributed by atoms with E-state index in [-0.39, 0.29) is 6.04 Å². The van der Waals surface area contributed by atoms with E-state index in [1.807, 2.05) is 17.4 Å². The Hall–Kier alpha value is -1.14. The molecule has 3 heterocycles. The molecule has 0 bridgehead atoms. The van der Waals surface area contributed by atoms with Crippen molar-refractivity contribution in [3.63, 3.8) is 0 Å². The molecule has 0 spiro atoms. The number of hydrogen-bond acceptors (Lipinski definition) is 5. The van der Waals surface area contributed by atoms with Crippen LogP contribution in [0.1, 0.15) is 47.8 Å². The second kappa shape index (κ2) is 7.62. The lowest BCUT2D eigenvalue weighted by Gasteiger charge is -2.19. The van der Waals surface area contributed by atoms with Gasteiger partial charge < -0.3 is 11.1 Å². The van der Waals surface area contributed by atoms with Crippen molar-refractivity contribution >= 4 is 50.2 Å². The summed E-state index contributed by atoms with van der Waals surface area (Å²) in [5, 5.41) is 6.17. The number of nitrogens with zero attached hydrogens (tertiary/aromatic N) is 1. The molecule has 25 heavy (non-hydrogen) atoms. The van der Waals surface area contributed by atoms with Gasteiger partial charge in [0, 0.05) is 34.3 Å². The van der Waals surface area contributed by atoms with Gasteiger partial charge in [-0.1, -0.05) is 36.9 Å². The first kappa shape index (κ1) is 17.3. The van der Waals surface area contributed by atoms with Crippen LogP contribution in [-0.2, 0) is 6.54 Å². The Kier molecular flexibility index (Phi) is 5.27. The maximum atomic E-state index is 6.47. The summed E-state index contributed by atoms with van der Waals surface area (Å²) in [7, 11) is 0. The minimum atomic E-state index is 0.258. The van der Waals surface area contributed by atoms with E-state index in [0.717, 1.165) is 24.2 Å². The average molecular weight is 392 g/mol. The number of halogens is 1. The summed E-state index contributed by atoms with van der Waals surface area (Å²) in [6, 6.07) is 8.62. The lowest BCUT2D eigenvalue weighted by molar-refractivity contribution is 0.512. The predicted molar refractivity (Wildman–Crippen MR) is 110 cm³/mol. The summed E-state index contributed by atoms with van der Waals surface area (Å²) >= 11 is 9.85. The zero-order chi connectivity index (χ0) is 17.2. The van der Waals surface area contributed by atoms with Crippen LogP contribution in [0.5, 0.6) is 0 Å². The lowest BCUT2D eigenvalue weighted by atomic mass is 9.94. The van der Waals surface area contributed by atoms with Crippen molar-refractivity contribution in [1.29, 1.82) is 0 Å². The Balaban J connectivity index is 1.65. The summed E-state index contributed by atoms with van der Waals surface area (Å²) in [4.78, 5) is 7.21. The van der Waals surface area contributed by atoms with Crippen LogP contribution in [0.3, 0.4) is 0 Å². The molecule has 0 amide bonds. The molecule has 4 rings (SSSR count). The smallest absolute Gasteiger partial charge is 0.131 e. The topological polar surface area (TPSA) is 50.9 Å². The van der Waals surface area contributed by atoms with Crippen molar-refractivity contribution in [3.05, 3.63) is 44.6 Å². The zero-order valence-corrected chi connectivity index (χ0v) is 16.4. The molecule has 6 heteroatoms. The standard InChI is InChI=1S/C19H22ClN3S2/c20-18-10-15(22-11-12-5-4-8-24-12)19-16(23-18)9-17(25-19)13-6-2-1-3-7-14(13)21/h4-5,8-10,13-14H,1-3,6-7,11,21H2,(H,22,23)/t13-,14-/m0/s1. The zero-order valence-electron chi connectivity index (χ0n) is 14.0. The van der Waals surface area contributed by atoms with Crippen LogP contribution in [0.15, 0.2) is 29.6 Å². The highest BCUT2D eigenvalue weighted by Gasteiger charge is 2.24. The third kappa shape index (κ3) is 3.85. The Bertz CT molecular complexity index is 844. The number of pyridine rings is 1.